The van der Waals surface area contributed by atoms with Crippen LogP contribution in [0.3, 0.4) is 0 Å². The Bertz CT molecular complexity index is 508. The molecule has 1 heterocycles. The number of nitrogen functional groups attached to an aromatic ring is 1. The molecule has 0 fully saturated rings. The number of nitrogens with zero attached hydrogens (tertiary/aromatic N) is 2. The number of aromatic nitrogens is 1. The maximum atomic E-state index is 6.07. The Labute approximate surface area is 98.6 Å². The first-order valence-electron chi connectivity index (χ1n) is 4.77. The third-order valence-electron chi connectivity index (χ3n) is 2.25. The highest BCUT2D eigenvalue weighted by atomic mass is 35.5. The summed E-state index contributed by atoms with van der Waals surface area (Å²) in [7, 11) is 3.87. The molecule has 0 saturated heterocycles. The molecule has 2 N–H and O–H groups in total. The second kappa shape index (κ2) is 4.06. The van der Waals surface area contributed by atoms with Crippen molar-refractivity contribution in [2.75, 3.05) is 24.7 Å². The Morgan fingerprint density at radius 1 is 1.31 bits per heavy atom. The Kier molecular flexibility index (Phi) is 2.75. The van der Waals surface area contributed by atoms with Crippen LogP contribution in [0.15, 0.2) is 28.8 Å². The third-order valence-corrected chi connectivity index (χ3v) is 2.57. The van der Waals surface area contributed by atoms with Gasteiger partial charge in [-0.2, -0.15) is 0 Å². The molecule has 0 saturated carbocycles. The van der Waals surface area contributed by atoms with E-state index in [0.717, 1.165) is 11.3 Å². The molecule has 0 atom stereocenters. The van der Waals surface area contributed by atoms with Gasteiger partial charge in [-0.3, -0.25) is 0 Å². The summed E-state index contributed by atoms with van der Waals surface area (Å²) in [5.41, 5.74) is 8.04. The summed E-state index contributed by atoms with van der Waals surface area (Å²) in [5, 5.41) is 4.55. The van der Waals surface area contributed by atoms with Crippen LogP contribution in [0.25, 0.3) is 11.3 Å². The molecule has 4 nitrogen and oxygen atoms in total. The van der Waals surface area contributed by atoms with E-state index < -0.39 is 0 Å². The molecular formula is C11H12ClN3O. The summed E-state index contributed by atoms with van der Waals surface area (Å²) >= 11 is 6.07. The lowest BCUT2D eigenvalue weighted by Crippen LogP contribution is -2.09. The van der Waals surface area contributed by atoms with Gasteiger partial charge in [-0.1, -0.05) is 22.8 Å². The SMILES string of the molecule is CN(C)c1cc(-c2cc(N)on2)ccc1Cl. The largest absolute Gasteiger partial charge is 0.376 e. The maximum absolute atomic E-state index is 6.07. The van der Waals surface area contributed by atoms with Crippen LogP contribution in [0.2, 0.25) is 5.02 Å². The van der Waals surface area contributed by atoms with Crippen LogP contribution in [-0.4, -0.2) is 19.3 Å². The highest BCUT2D eigenvalue weighted by molar-refractivity contribution is 6.33. The highest BCUT2D eigenvalue weighted by Crippen LogP contribution is 2.30. The third kappa shape index (κ3) is 1.97. The molecule has 0 aliphatic heterocycles. The van der Waals surface area contributed by atoms with Crippen molar-refractivity contribution in [2.45, 2.75) is 0 Å². The van der Waals surface area contributed by atoms with Crippen molar-refractivity contribution in [1.29, 1.82) is 0 Å². The number of hydrogen-bond donors (Lipinski definition) is 1. The van der Waals surface area contributed by atoms with Crippen LogP contribution in [-0.2, 0) is 0 Å². The zero-order valence-corrected chi connectivity index (χ0v) is 9.82. The molecule has 0 amide bonds. The summed E-state index contributed by atoms with van der Waals surface area (Å²) in [6.07, 6.45) is 0. The van der Waals surface area contributed by atoms with Gasteiger partial charge in [0.2, 0.25) is 5.88 Å². The first-order valence-corrected chi connectivity index (χ1v) is 5.15. The Morgan fingerprint density at radius 3 is 2.62 bits per heavy atom. The summed E-state index contributed by atoms with van der Waals surface area (Å²) < 4.78 is 4.83. The predicted molar refractivity (Wildman–Crippen MR) is 65.7 cm³/mol. The number of hydrogen-bond acceptors (Lipinski definition) is 4. The zero-order valence-electron chi connectivity index (χ0n) is 9.07. The predicted octanol–water partition coefficient (Wildman–Crippen LogP) is 2.64. The van der Waals surface area contributed by atoms with Crippen LogP contribution < -0.4 is 10.6 Å². The molecule has 0 aliphatic rings. The fraction of sp³-hybridized carbons (Fsp3) is 0.182. The van der Waals surface area contributed by atoms with Crippen LogP contribution >= 0.6 is 11.6 Å². The normalized spacial score (nSPS) is 10.4. The number of halogens is 1. The van der Waals surface area contributed by atoms with Gasteiger partial charge in [0.25, 0.3) is 0 Å². The first kappa shape index (κ1) is 10.8. The molecule has 1 aromatic carbocycles. The molecule has 0 radical (unpaired) electrons. The van der Waals surface area contributed by atoms with Gasteiger partial charge in [-0.15, -0.1) is 0 Å². The van der Waals surface area contributed by atoms with E-state index in [2.05, 4.69) is 5.16 Å². The molecule has 1 aromatic heterocycles. The zero-order chi connectivity index (χ0) is 11.7. The molecule has 2 aromatic rings. The minimum atomic E-state index is 0.302. The van der Waals surface area contributed by atoms with E-state index in [1.54, 1.807) is 6.07 Å². The molecule has 0 bridgehead atoms. The van der Waals surface area contributed by atoms with Gasteiger partial charge in [0, 0.05) is 25.7 Å². The standard InChI is InChI=1S/C11H12ClN3O/c1-15(2)10-5-7(3-4-8(10)12)9-6-11(13)16-14-9/h3-6H,13H2,1-2H3. The Balaban J connectivity index is 2.47. The summed E-state index contributed by atoms with van der Waals surface area (Å²) in [6.45, 7) is 0. The minimum Gasteiger partial charge on any atom is -0.376 e. The van der Waals surface area contributed by atoms with Crippen LogP contribution in [0.4, 0.5) is 11.6 Å². The van der Waals surface area contributed by atoms with E-state index in [1.807, 2.05) is 37.2 Å². The van der Waals surface area contributed by atoms with Crippen LogP contribution in [0, 0.1) is 0 Å². The van der Waals surface area contributed by atoms with Crippen molar-refractivity contribution in [1.82, 2.24) is 5.16 Å². The molecule has 0 unspecified atom stereocenters. The van der Waals surface area contributed by atoms with Crippen molar-refractivity contribution in [3.63, 3.8) is 0 Å². The van der Waals surface area contributed by atoms with Gasteiger partial charge in [0.1, 0.15) is 5.69 Å². The summed E-state index contributed by atoms with van der Waals surface area (Å²) in [5.74, 6) is 0.302. The van der Waals surface area contributed by atoms with Crippen molar-refractivity contribution in [2.24, 2.45) is 0 Å². The monoisotopic (exact) mass is 237 g/mol. The van der Waals surface area contributed by atoms with Gasteiger partial charge in [-0.05, 0) is 12.1 Å². The first-order chi connectivity index (χ1) is 7.58. The topological polar surface area (TPSA) is 55.3 Å². The fourth-order valence-corrected chi connectivity index (χ4v) is 1.73. The van der Waals surface area contributed by atoms with E-state index in [4.69, 9.17) is 21.9 Å². The average molecular weight is 238 g/mol. The van der Waals surface area contributed by atoms with Gasteiger partial charge >= 0.3 is 0 Å². The second-order valence-electron chi connectivity index (χ2n) is 3.68. The van der Waals surface area contributed by atoms with Crippen LogP contribution in [0.5, 0.6) is 0 Å². The van der Waals surface area contributed by atoms with Gasteiger partial charge < -0.3 is 15.2 Å². The fourth-order valence-electron chi connectivity index (χ4n) is 1.44. The lowest BCUT2D eigenvalue weighted by atomic mass is 10.1. The number of rotatable bonds is 2. The van der Waals surface area contributed by atoms with Crippen LogP contribution in [0.1, 0.15) is 0 Å². The molecule has 0 spiro atoms. The average Bonchev–Trinajstić information content (AvgIpc) is 2.65. The highest BCUT2D eigenvalue weighted by Gasteiger charge is 2.08. The number of benzene rings is 1. The van der Waals surface area contributed by atoms with E-state index in [1.165, 1.54) is 0 Å². The van der Waals surface area contributed by atoms with E-state index in [0.29, 0.717) is 16.6 Å². The number of anilines is 2. The van der Waals surface area contributed by atoms with E-state index in [-0.39, 0.29) is 0 Å². The smallest absolute Gasteiger partial charge is 0.222 e. The van der Waals surface area contributed by atoms with Crippen molar-refractivity contribution < 1.29 is 4.52 Å². The molecule has 0 aliphatic carbocycles. The van der Waals surface area contributed by atoms with E-state index >= 15 is 0 Å². The molecule has 84 valence electrons. The lowest BCUT2D eigenvalue weighted by Gasteiger charge is -2.14. The maximum Gasteiger partial charge on any atom is 0.222 e. The van der Waals surface area contributed by atoms with Crippen molar-refractivity contribution in [3.8, 4) is 11.3 Å². The molecule has 5 heteroatoms. The molecule has 16 heavy (non-hydrogen) atoms. The number of nitrogens with two attached hydrogens (primary N) is 1. The summed E-state index contributed by atoms with van der Waals surface area (Å²) in [4.78, 5) is 1.94. The Morgan fingerprint density at radius 2 is 2.06 bits per heavy atom. The van der Waals surface area contributed by atoms with Crippen molar-refractivity contribution >= 4 is 23.2 Å². The van der Waals surface area contributed by atoms with Gasteiger partial charge in [0.15, 0.2) is 0 Å². The Hall–Kier alpha value is -1.68. The molecule has 2 rings (SSSR count). The quantitative estimate of drug-likeness (QED) is 0.873. The van der Waals surface area contributed by atoms with Gasteiger partial charge in [0.05, 0.1) is 10.7 Å². The minimum absolute atomic E-state index is 0.302. The van der Waals surface area contributed by atoms with Crippen molar-refractivity contribution in [3.05, 3.63) is 29.3 Å². The summed E-state index contributed by atoms with van der Waals surface area (Å²) in [6, 6.07) is 7.34. The second-order valence-corrected chi connectivity index (χ2v) is 4.08. The lowest BCUT2D eigenvalue weighted by molar-refractivity contribution is 0.439. The molecular weight excluding hydrogens is 226 g/mol. The van der Waals surface area contributed by atoms with E-state index in [9.17, 15) is 0 Å². The van der Waals surface area contributed by atoms with Gasteiger partial charge in [-0.25, -0.2) is 0 Å².